The second-order valence-corrected chi connectivity index (χ2v) is 11.1. The van der Waals surface area contributed by atoms with E-state index in [0.717, 1.165) is 83.4 Å². The van der Waals surface area contributed by atoms with Gasteiger partial charge in [-0.2, -0.15) is 10.2 Å². The highest BCUT2D eigenvalue weighted by molar-refractivity contribution is 5.88. The Morgan fingerprint density at radius 2 is 1.89 bits per heavy atom. The zero-order chi connectivity index (χ0) is 26.5. The molecule has 0 spiro atoms. The molecule has 2 atom stereocenters. The van der Waals surface area contributed by atoms with E-state index < -0.39 is 0 Å². The molecule has 10 nitrogen and oxygen atoms in total. The number of carbonyl (C=O) groups is 1. The molecule has 0 saturated carbocycles. The Hall–Kier alpha value is -2.74. The number of aryl methyl sites for hydroxylation is 1. The first-order valence-corrected chi connectivity index (χ1v) is 14.2. The molecule has 5 rings (SSSR count). The highest BCUT2D eigenvalue weighted by Gasteiger charge is 2.33. The molecule has 38 heavy (non-hydrogen) atoms. The lowest BCUT2D eigenvalue weighted by atomic mass is 9.95. The minimum absolute atomic E-state index is 0.00430. The van der Waals surface area contributed by atoms with Gasteiger partial charge in [0.05, 0.1) is 37.4 Å². The van der Waals surface area contributed by atoms with Gasteiger partial charge in [-0.25, -0.2) is 4.98 Å². The summed E-state index contributed by atoms with van der Waals surface area (Å²) >= 11 is 0. The second-order valence-electron chi connectivity index (χ2n) is 11.1. The molecular weight excluding hydrogens is 480 g/mol. The topological polar surface area (TPSA) is 92.1 Å². The van der Waals surface area contributed by atoms with Crippen LogP contribution in [0.4, 0.5) is 11.8 Å². The lowest BCUT2D eigenvalue weighted by Gasteiger charge is -2.42. The SMILES string of the molecule is CN(C)[C@H]1CCN(c2nc3c(c(N4CCN(C(=O)/C=C/CN5CCOCC5)[C@@H](CC#N)C4)n2)CCCC3)C1. The lowest BCUT2D eigenvalue weighted by molar-refractivity contribution is -0.128. The van der Waals surface area contributed by atoms with Crippen LogP contribution in [0, 0.1) is 11.3 Å². The van der Waals surface area contributed by atoms with Gasteiger partial charge < -0.3 is 24.3 Å². The maximum Gasteiger partial charge on any atom is 0.246 e. The molecule has 0 radical (unpaired) electrons. The van der Waals surface area contributed by atoms with Gasteiger partial charge in [0.2, 0.25) is 11.9 Å². The van der Waals surface area contributed by atoms with Gasteiger partial charge in [0.15, 0.2) is 0 Å². The van der Waals surface area contributed by atoms with Crippen LogP contribution in [-0.4, -0.2) is 122 Å². The Morgan fingerprint density at radius 3 is 2.66 bits per heavy atom. The lowest BCUT2D eigenvalue weighted by Crippen LogP contribution is -2.55. The van der Waals surface area contributed by atoms with Crippen LogP contribution < -0.4 is 9.80 Å². The number of nitrogens with zero attached hydrogens (tertiary/aromatic N) is 8. The van der Waals surface area contributed by atoms with Gasteiger partial charge >= 0.3 is 0 Å². The van der Waals surface area contributed by atoms with E-state index in [-0.39, 0.29) is 11.9 Å². The molecule has 206 valence electrons. The minimum atomic E-state index is -0.156. The molecule has 4 aliphatic rings. The van der Waals surface area contributed by atoms with Crippen LogP contribution in [0.15, 0.2) is 12.2 Å². The first-order valence-electron chi connectivity index (χ1n) is 14.2. The summed E-state index contributed by atoms with van der Waals surface area (Å²) in [7, 11) is 4.28. The minimum Gasteiger partial charge on any atom is -0.379 e. The van der Waals surface area contributed by atoms with Gasteiger partial charge in [0, 0.05) is 70.0 Å². The Kier molecular flexibility index (Phi) is 8.77. The van der Waals surface area contributed by atoms with Crippen LogP contribution in [0.1, 0.15) is 36.9 Å². The van der Waals surface area contributed by atoms with E-state index in [9.17, 15) is 10.1 Å². The Balaban J connectivity index is 1.31. The summed E-state index contributed by atoms with van der Waals surface area (Å²) in [5.41, 5.74) is 2.45. The molecule has 3 saturated heterocycles. The van der Waals surface area contributed by atoms with Crippen LogP contribution in [-0.2, 0) is 22.4 Å². The van der Waals surface area contributed by atoms with Crippen molar-refractivity contribution in [1.29, 1.82) is 5.26 Å². The van der Waals surface area contributed by atoms with Crippen LogP contribution in [0.2, 0.25) is 0 Å². The second kappa shape index (κ2) is 12.4. The molecule has 0 N–H and O–H groups in total. The number of hydrogen-bond acceptors (Lipinski definition) is 9. The summed E-state index contributed by atoms with van der Waals surface area (Å²) in [4.78, 5) is 34.5. The van der Waals surface area contributed by atoms with Gasteiger partial charge in [-0.05, 0) is 46.2 Å². The number of ether oxygens (including phenoxy) is 1. The van der Waals surface area contributed by atoms with Gasteiger partial charge in [-0.15, -0.1) is 0 Å². The number of likely N-dealkylation sites (N-methyl/N-ethyl adjacent to an activating group) is 1. The number of amides is 1. The summed E-state index contributed by atoms with van der Waals surface area (Å²) in [6.45, 7) is 7.88. The fourth-order valence-corrected chi connectivity index (χ4v) is 6.11. The molecule has 0 bridgehead atoms. The van der Waals surface area contributed by atoms with Crippen molar-refractivity contribution in [1.82, 2.24) is 24.7 Å². The number of aromatic nitrogens is 2. The molecule has 1 aromatic rings. The third kappa shape index (κ3) is 6.11. The number of carbonyl (C=O) groups excluding carboxylic acids is 1. The Morgan fingerprint density at radius 1 is 1.08 bits per heavy atom. The number of nitriles is 1. The van der Waals surface area contributed by atoms with Crippen LogP contribution >= 0.6 is 0 Å². The summed E-state index contributed by atoms with van der Waals surface area (Å²) in [5, 5.41) is 9.59. The maximum atomic E-state index is 13.1. The molecule has 1 aromatic heterocycles. The Bertz CT molecular complexity index is 1050. The van der Waals surface area contributed by atoms with E-state index in [1.54, 1.807) is 6.08 Å². The molecule has 1 aliphatic carbocycles. The monoisotopic (exact) mass is 522 g/mol. The van der Waals surface area contributed by atoms with E-state index in [1.807, 2.05) is 11.0 Å². The quantitative estimate of drug-likeness (QED) is 0.492. The number of anilines is 2. The molecular formula is C28H42N8O2. The average Bonchev–Trinajstić information content (AvgIpc) is 3.44. The van der Waals surface area contributed by atoms with Gasteiger partial charge in [0.1, 0.15) is 5.82 Å². The van der Waals surface area contributed by atoms with Crippen molar-refractivity contribution in [2.24, 2.45) is 0 Å². The van der Waals surface area contributed by atoms with Crippen molar-refractivity contribution in [3.63, 3.8) is 0 Å². The summed E-state index contributed by atoms with van der Waals surface area (Å²) in [6, 6.07) is 2.69. The number of piperazine rings is 1. The highest BCUT2D eigenvalue weighted by atomic mass is 16.5. The molecule has 3 aliphatic heterocycles. The number of fused-ring (bicyclic) bond motifs is 1. The predicted octanol–water partition coefficient (Wildman–Crippen LogP) is 1.31. The molecule has 0 aromatic carbocycles. The van der Waals surface area contributed by atoms with Gasteiger partial charge in [-0.3, -0.25) is 9.69 Å². The highest BCUT2D eigenvalue weighted by Crippen LogP contribution is 2.32. The van der Waals surface area contributed by atoms with Crippen molar-refractivity contribution >= 4 is 17.7 Å². The van der Waals surface area contributed by atoms with Crippen LogP contribution in [0.5, 0.6) is 0 Å². The van der Waals surface area contributed by atoms with Crippen LogP contribution in [0.3, 0.4) is 0 Å². The smallest absolute Gasteiger partial charge is 0.246 e. The normalized spacial score (nSPS) is 24.7. The molecule has 10 heteroatoms. The predicted molar refractivity (Wildman–Crippen MR) is 147 cm³/mol. The zero-order valence-corrected chi connectivity index (χ0v) is 23.0. The Labute approximate surface area is 226 Å². The first-order chi connectivity index (χ1) is 18.5. The maximum absolute atomic E-state index is 13.1. The summed E-state index contributed by atoms with van der Waals surface area (Å²) in [5.74, 6) is 1.86. The molecule has 3 fully saturated rings. The standard InChI is InChI=1S/C28H42N8O2/c1-32(2)22-10-13-35(20-22)28-30-25-7-4-3-6-24(25)27(31-28)34-14-15-36(23(21-34)9-11-29)26(37)8-5-12-33-16-18-38-19-17-33/h5,8,22-23H,3-4,6-7,9-10,12-21H2,1-2H3/b8-5+/t22-,23-/m0/s1. The van der Waals surface area contributed by atoms with E-state index >= 15 is 0 Å². The van der Waals surface area contributed by atoms with Crippen molar-refractivity contribution in [2.75, 3.05) is 89.5 Å². The third-order valence-corrected chi connectivity index (χ3v) is 8.45. The number of rotatable bonds is 7. The van der Waals surface area contributed by atoms with E-state index in [1.165, 1.54) is 17.7 Å². The first kappa shape index (κ1) is 26.9. The van der Waals surface area contributed by atoms with E-state index in [2.05, 4.69) is 39.8 Å². The third-order valence-electron chi connectivity index (χ3n) is 8.45. The van der Waals surface area contributed by atoms with Gasteiger partial charge in [0.25, 0.3) is 0 Å². The van der Waals surface area contributed by atoms with E-state index in [4.69, 9.17) is 14.7 Å². The zero-order valence-electron chi connectivity index (χ0n) is 23.0. The van der Waals surface area contributed by atoms with Crippen molar-refractivity contribution in [3.05, 3.63) is 23.4 Å². The van der Waals surface area contributed by atoms with Gasteiger partial charge in [-0.1, -0.05) is 6.08 Å². The number of hydrogen-bond donors (Lipinski definition) is 0. The van der Waals surface area contributed by atoms with E-state index in [0.29, 0.717) is 32.1 Å². The summed E-state index contributed by atoms with van der Waals surface area (Å²) in [6.07, 6.45) is 9.39. The largest absolute Gasteiger partial charge is 0.379 e. The molecule has 0 unspecified atom stereocenters. The van der Waals surface area contributed by atoms with Crippen molar-refractivity contribution in [3.8, 4) is 6.07 Å². The molecule has 1 amide bonds. The van der Waals surface area contributed by atoms with Crippen LogP contribution in [0.25, 0.3) is 0 Å². The fourth-order valence-electron chi connectivity index (χ4n) is 6.11. The fraction of sp³-hybridized carbons (Fsp3) is 0.714. The summed E-state index contributed by atoms with van der Waals surface area (Å²) < 4.78 is 5.40. The van der Waals surface area contributed by atoms with Crippen molar-refractivity contribution in [2.45, 2.75) is 50.6 Å². The average molecular weight is 523 g/mol. The number of morpholine rings is 1. The molecule has 4 heterocycles. The van der Waals surface area contributed by atoms with Crippen molar-refractivity contribution < 1.29 is 9.53 Å².